The number of hydrogen-bond acceptors (Lipinski definition) is 4. The van der Waals surface area contributed by atoms with Crippen molar-refractivity contribution in [1.82, 2.24) is 19.6 Å². The van der Waals surface area contributed by atoms with Crippen molar-refractivity contribution in [3.8, 4) is 22.6 Å². The highest BCUT2D eigenvalue weighted by Gasteiger charge is 2.47. The van der Waals surface area contributed by atoms with Gasteiger partial charge in [-0.1, -0.05) is 19.8 Å². The molecule has 5 nitrogen and oxygen atoms in total. The van der Waals surface area contributed by atoms with Crippen molar-refractivity contribution in [2.75, 3.05) is 0 Å². The molecule has 7 heteroatoms. The first-order chi connectivity index (χ1) is 14.1. The van der Waals surface area contributed by atoms with Gasteiger partial charge in [0, 0.05) is 22.7 Å². The van der Waals surface area contributed by atoms with Crippen LogP contribution in [0, 0.1) is 11.6 Å². The van der Waals surface area contributed by atoms with Crippen molar-refractivity contribution in [3.63, 3.8) is 0 Å². The minimum atomic E-state index is -0.552. The molecule has 148 valence electrons. The van der Waals surface area contributed by atoms with Gasteiger partial charge in [0.05, 0.1) is 0 Å². The summed E-state index contributed by atoms with van der Waals surface area (Å²) in [6, 6.07) is 6.99. The number of halogens is 2. The molecule has 4 aromatic rings. The first-order valence-electron chi connectivity index (χ1n) is 9.86. The highest BCUT2D eigenvalue weighted by Crippen LogP contribution is 2.51. The summed E-state index contributed by atoms with van der Waals surface area (Å²) in [5, 5.41) is 8.79. The molecule has 29 heavy (non-hydrogen) atoms. The second-order valence-electron chi connectivity index (χ2n) is 7.71. The predicted molar refractivity (Wildman–Crippen MR) is 104 cm³/mol. The molecule has 0 aliphatic heterocycles. The van der Waals surface area contributed by atoms with Crippen molar-refractivity contribution >= 4 is 5.65 Å². The van der Waals surface area contributed by atoms with Crippen molar-refractivity contribution < 1.29 is 13.2 Å². The second-order valence-corrected chi connectivity index (χ2v) is 7.71. The van der Waals surface area contributed by atoms with Crippen LogP contribution in [-0.4, -0.2) is 19.6 Å². The van der Waals surface area contributed by atoms with E-state index in [2.05, 4.69) is 22.1 Å². The lowest BCUT2D eigenvalue weighted by Crippen LogP contribution is -2.11. The van der Waals surface area contributed by atoms with Crippen LogP contribution in [0.15, 0.2) is 47.3 Å². The summed E-state index contributed by atoms with van der Waals surface area (Å²) in [6.07, 6.45) is 8.76. The van der Waals surface area contributed by atoms with Gasteiger partial charge >= 0.3 is 0 Å². The number of rotatable bonds is 6. The summed E-state index contributed by atoms with van der Waals surface area (Å²) in [5.74, 6) is 0.262. The second kappa shape index (κ2) is 6.76. The van der Waals surface area contributed by atoms with Gasteiger partial charge in [-0.05, 0) is 49.6 Å². The van der Waals surface area contributed by atoms with E-state index in [-0.39, 0.29) is 16.7 Å². The lowest BCUT2D eigenvalue weighted by Gasteiger charge is -2.13. The Bertz CT molecular complexity index is 1190. The highest BCUT2D eigenvalue weighted by atomic mass is 19.1. The van der Waals surface area contributed by atoms with E-state index in [9.17, 15) is 8.78 Å². The number of aromatic nitrogens is 4. The highest BCUT2D eigenvalue weighted by molar-refractivity contribution is 5.77. The zero-order valence-electron chi connectivity index (χ0n) is 16.0. The van der Waals surface area contributed by atoms with Crippen LogP contribution in [0.4, 0.5) is 8.78 Å². The maximum absolute atomic E-state index is 14.3. The fourth-order valence-electron chi connectivity index (χ4n) is 3.96. The quantitative estimate of drug-likeness (QED) is 0.430. The van der Waals surface area contributed by atoms with Crippen LogP contribution in [0.25, 0.3) is 28.2 Å². The predicted octanol–water partition coefficient (Wildman–Crippen LogP) is 5.55. The molecule has 3 heterocycles. The lowest BCUT2D eigenvalue weighted by atomic mass is 9.98. The van der Waals surface area contributed by atoms with E-state index in [0.717, 1.165) is 61.8 Å². The maximum Gasteiger partial charge on any atom is 0.182 e. The molecule has 0 amide bonds. The molecule has 1 fully saturated rings. The summed E-state index contributed by atoms with van der Waals surface area (Å²) in [4.78, 5) is 4.14. The van der Waals surface area contributed by atoms with E-state index in [4.69, 9.17) is 4.42 Å². The van der Waals surface area contributed by atoms with Gasteiger partial charge in [-0.3, -0.25) is 4.40 Å². The molecular formula is C22H20F2N4O. The lowest BCUT2D eigenvalue weighted by molar-refractivity contribution is 0.540. The summed E-state index contributed by atoms with van der Waals surface area (Å²) in [5.41, 5.74) is 1.89. The summed E-state index contributed by atoms with van der Waals surface area (Å²) in [6.45, 7) is 2.19. The Balaban J connectivity index is 1.60. The molecule has 1 aliphatic rings. The van der Waals surface area contributed by atoms with Gasteiger partial charge in [-0.15, -0.1) is 10.2 Å². The Kier molecular flexibility index (Phi) is 4.19. The monoisotopic (exact) mass is 394 g/mol. The molecule has 0 bridgehead atoms. The van der Waals surface area contributed by atoms with Crippen molar-refractivity contribution in [2.45, 2.75) is 44.4 Å². The third kappa shape index (κ3) is 3.01. The third-order valence-corrected chi connectivity index (χ3v) is 5.75. The van der Waals surface area contributed by atoms with Crippen LogP contribution in [0.3, 0.4) is 0 Å². The molecule has 0 atom stereocenters. The Morgan fingerprint density at radius 3 is 2.79 bits per heavy atom. The first-order valence-corrected chi connectivity index (χ1v) is 9.86. The van der Waals surface area contributed by atoms with Crippen molar-refractivity contribution in [3.05, 3.63) is 60.4 Å². The Hall–Kier alpha value is -3.09. The molecule has 0 spiro atoms. The normalized spacial score (nSPS) is 15.1. The number of pyridine rings is 1. The fourth-order valence-corrected chi connectivity index (χ4v) is 3.96. The van der Waals surface area contributed by atoms with E-state index < -0.39 is 11.6 Å². The number of fused-ring (bicyclic) bond motifs is 1. The average Bonchev–Trinajstić information content (AvgIpc) is 3.15. The SMILES string of the molecule is CCCCC1(c2nnc3ccc(-c4ocnc4-c4cc(F)ccc4F)cn23)CC1. The smallest absolute Gasteiger partial charge is 0.182 e. The summed E-state index contributed by atoms with van der Waals surface area (Å²) >= 11 is 0. The topological polar surface area (TPSA) is 56.2 Å². The van der Waals surface area contributed by atoms with Crippen LogP contribution < -0.4 is 0 Å². The van der Waals surface area contributed by atoms with E-state index >= 15 is 0 Å². The van der Waals surface area contributed by atoms with E-state index in [1.807, 2.05) is 22.7 Å². The molecule has 0 radical (unpaired) electrons. The van der Waals surface area contributed by atoms with Gasteiger partial charge < -0.3 is 4.42 Å². The van der Waals surface area contributed by atoms with Gasteiger partial charge in [0.2, 0.25) is 0 Å². The minimum Gasteiger partial charge on any atom is -0.443 e. The number of benzene rings is 1. The molecule has 0 unspecified atom stereocenters. The van der Waals surface area contributed by atoms with E-state index in [1.54, 1.807) is 0 Å². The largest absolute Gasteiger partial charge is 0.443 e. The number of nitrogens with zero attached hydrogens (tertiary/aromatic N) is 4. The maximum atomic E-state index is 14.3. The molecule has 1 saturated carbocycles. The number of hydrogen-bond donors (Lipinski definition) is 0. The van der Waals surface area contributed by atoms with E-state index in [0.29, 0.717) is 11.3 Å². The third-order valence-electron chi connectivity index (χ3n) is 5.75. The molecule has 5 rings (SSSR count). The van der Waals surface area contributed by atoms with Gasteiger partial charge in [-0.25, -0.2) is 13.8 Å². The molecule has 1 aromatic carbocycles. The Morgan fingerprint density at radius 1 is 1.14 bits per heavy atom. The molecule has 3 aromatic heterocycles. The molecular weight excluding hydrogens is 374 g/mol. The van der Waals surface area contributed by atoms with Crippen LogP contribution in [-0.2, 0) is 5.41 Å². The summed E-state index contributed by atoms with van der Waals surface area (Å²) in [7, 11) is 0. The zero-order valence-corrected chi connectivity index (χ0v) is 16.0. The first kappa shape index (κ1) is 18.0. The number of unbranched alkanes of at least 4 members (excludes halogenated alkanes) is 1. The Labute approximate surface area is 166 Å². The average molecular weight is 394 g/mol. The molecule has 0 N–H and O–H groups in total. The molecule has 0 saturated heterocycles. The molecule has 1 aliphatic carbocycles. The van der Waals surface area contributed by atoms with Gasteiger partial charge in [0.25, 0.3) is 0 Å². The van der Waals surface area contributed by atoms with Gasteiger partial charge in [0.1, 0.15) is 23.2 Å². The van der Waals surface area contributed by atoms with Gasteiger partial charge in [0.15, 0.2) is 17.8 Å². The summed E-state index contributed by atoms with van der Waals surface area (Å²) < 4.78 is 35.6. The van der Waals surface area contributed by atoms with Crippen LogP contribution >= 0.6 is 0 Å². The standard InChI is InChI=1S/C22H20F2N4O/c1-2-3-8-22(9-10-22)21-27-26-18-7-4-14(12-28(18)21)20-19(25-13-29-20)16-11-15(23)5-6-17(16)24/h4-7,11-13H,2-3,8-10H2,1H3. The van der Waals surface area contributed by atoms with Crippen molar-refractivity contribution in [2.24, 2.45) is 0 Å². The van der Waals surface area contributed by atoms with Crippen molar-refractivity contribution in [1.29, 1.82) is 0 Å². The zero-order chi connectivity index (χ0) is 20.0. The van der Waals surface area contributed by atoms with Crippen LogP contribution in [0.2, 0.25) is 0 Å². The number of oxazole rings is 1. The Morgan fingerprint density at radius 2 is 2.00 bits per heavy atom. The van der Waals surface area contributed by atoms with E-state index in [1.165, 1.54) is 6.39 Å². The minimum absolute atomic E-state index is 0.0689. The van der Waals surface area contributed by atoms with Crippen LogP contribution in [0.5, 0.6) is 0 Å². The van der Waals surface area contributed by atoms with Crippen LogP contribution in [0.1, 0.15) is 44.9 Å². The van der Waals surface area contributed by atoms with Gasteiger partial charge in [-0.2, -0.15) is 0 Å². The fraction of sp³-hybridized carbons (Fsp3) is 0.318.